The average Bonchev–Trinajstić information content (AvgIpc) is 2.74. The first kappa shape index (κ1) is 13.7. The van der Waals surface area contributed by atoms with E-state index in [-0.39, 0.29) is 5.97 Å². The Morgan fingerprint density at radius 2 is 2.11 bits per heavy atom. The fourth-order valence-electron chi connectivity index (χ4n) is 2.20. The first-order chi connectivity index (χ1) is 9.11. The Morgan fingerprint density at radius 1 is 1.42 bits per heavy atom. The lowest BCUT2D eigenvalue weighted by Gasteiger charge is -2.25. The number of nitrogens with zero attached hydrogens (tertiary/aromatic N) is 3. The minimum atomic E-state index is -0.335. The number of hydrogen-bond acceptors (Lipinski definition) is 5. The van der Waals surface area contributed by atoms with Crippen LogP contribution in [0.4, 0.5) is 0 Å². The third-order valence-corrected chi connectivity index (χ3v) is 3.34. The number of aryl methyl sites for hydroxylation is 1. The topological polar surface area (TPSA) is 64.4 Å². The zero-order chi connectivity index (χ0) is 13.8. The van der Waals surface area contributed by atoms with Crippen molar-refractivity contribution in [2.45, 2.75) is 26.3 Å². The van der Waals surface area contributed by atoms with Crippen LogP contribution in [0.15, 0.2) is 6.20 Å². The maximum Gasteiger partial charge on any atom is 0.341 e. The summed E-state index contributed by atoms with van der Waals surface area (Å²) in [6.45, 7) is 4.24. The monoisotopic (exact) mass is 265 g/mol. The third kappa shape index (κ3) is 3.20. The van der Waals surface area contributed by atoms with Gasteiger partial charge in [-0.05, 0) is 6.92 Å². The van der Waals surface area contributed by atoms with E-state index in [4.69, 9.17) is 4.74 Å². The summed E-state index contributed by atoms with van der Waals surface area (Å²) in [5, 5.41) is 4.12. The molecule has 1 aromatic heterocycles. The van der Waals surface area contributed by atoms with Gasteiger partial charge in [-0.2, -0.15) is 5.10 Å². The number of carbonyl (C=O) groups excluding carboxylic acids is 2. The first-order valence-electron chi connectivity index (χ1n) is 6.54. The molecule has 0 unspecified atom stereocenters. The van der Waals surface area contributed by atoms with Gasteiger partial charge in [-0.15, -0.1) is 0 Å². The maximum atomic E-state index is 11.8. The zero-order valence-electron chi connectivity index (χ0n) is 11.4. The summed E-state index contributed by atoms with van der Waals surface area (Å²) in [6.07, 6.45) is 2.72. The second-order valence-electron chi connectivity index (χ2n) is 4.66. The van der Waals surface area contributed by atoms with E-state index in [0.717, 1.165) is 18.8 Å². The van der Waals surface area contributed by atoms with Crippen LogP contribution in [0, 0.1) is 0 Å². The highest BCUT2D eigenvalue weighted by Gasteiger charge is 2.22. The van der Waals surface area contributed by atoms with E-state index < -0.39 is 0 Å². The van der Waals surface area contributed by atoms with Crippen LogP contribution in [-0.4, -0.2) is 46.1 Å². The van der Waals surface area contributed by atoms with E-state index >= 15 is 0 Å². The fourth-order valence-corrected chi connectivity index (χ4v) is 2.20. The van der Waals surface area contributed by atoms with Crippen LogP contribution < -0.4 is 0 Å². The van der Waals surface area contributed by atoms with E-state index in [1.807, 2.05) is 7.05 Å². The van der Waals surface area contributed by atoms with Gasteiger partial charge in [0, 0.05) is 39.5 Å². The Bertz CT molecular complexity index is 471. The summed E-state index contributed by atoms with van der Waals surface area (Å²) in [5.74, 6) is -0.0226. The molecule has 1 aliphatic heterocycles. The number of ketones is 1. The number of esters is 1. The second-order valence-corrected chi connectivity index (χ2v) is 4.66. The number of aromatic nitrogens is 2. The zero-order valence-corrected chi connectivity index (χ0v) is 11.4. The lowest BCUT2D eigenvalue weighted by Crippen LogP contribution is -2.34. The van der Waals surface area contributed by atoms with Crippen molar-refractivity contribution >= 4 is 11.8 Å². The van der Waals surface area contributed by atoms with Gasteiger partial charge < -0.3 is 4.74 Å². The number of likely N-dealkylation sites (tertiary alicyclic amines) is 1. The van der Waals surface area contributed by atoms with Crippen LogP contribution in [-0.2, 0) is 23.1 Å². The van der Waals surface area contributed by atoms with Gasteiger partial charge in [0.1, 0.15) is 11.3 Å². The molecule has 0 spiro atoms. The van der Waals surface area contributed by atoms with Gasteiger partial charge in [0.15, 0.2) is 0 Å². The molecule has 19 heavy (non-hydrogen) atoms. The smallest absolute Gasteiger partial charge is 0.341 e. The van der Waals surface area contributed by atoms with Crippen molar-refractivity contribution in [2.24, 2.45) is 7.05 Å². The normalized spacial score (nSPS) is 16.6. The minimum absolute atomic E-state index is 0.312. The molecule has 1 saturated heterocycles. The summed E-state index contributed by atoms with van der Waals surface area (Å²) < 4.78 is 6.72. The van der Waals surface area contributed by atoms with Crippen molar-refractivity contribution in [1.29, 1.82) is 0 Å². The Morgan fingerprint density at radius 3 is 2.74 bits per heavy atom. The first-order valence-corrected chi connectivity index (χ1v) is 6.54. The lowest BCUT2D eigenvalue weighted by atomic mass is 10.1. The van der Waals surface area contributed by atoms with Crippen molar-refractivity contribution in [3.05, 3.63) is 17.5 Å². The molecule has 2 heterocycles. The lowest BCUT2D eigenvalue weighted by molar-refractivity contribution is -0.121. The highest BCUT2D eigenvalue weighted by atomic mass is 16.5. The number of Topliss-reactive ketones (excluding diaryl/α,β-unsaturated/α-hetero) is 1. The predicted octanol–water partition coefficient (Wildman–Crippen LogP) is 0.762. The molecule has 0 aliphatic carbocycles. The van der Waals surface area contributed by atoms with Crippen molar-refractivity contribution in [3.8, 4) is 0 Å². The van der Waals surface area contributed by atoms with Crippen molar-refractivity contribution in [1.82, 2.24) is 14.7 Å². The van der Waals surface area contributed by atoms with Crippen LogP contribution in [0.3, 0.4) is 0 Å². The predicted molar refractivity (Wildman–Crippen MR) is 68.7 cm³/mol. The molecule has 0 atom stereocenters. The highest BCUT2D eigenvalue weighted by Crippen LogP contribution is 2.15. The molecule has 104 valence electrons. The largest absolute Gasteiger partial charge is 0.462 e. The third-order valence-electron chi connectivity index (χ3n) is 3.34. The molecule has 1 fully saturated rings. The molecule has 1 aliphatic rings. The molecule has 6 nitrogen and oxygen atoms in total. The molecule has 1 aromatic rings. The standard InChI is InChI=1S/C13H19N3O3/c1-3-19-13(18)11-8-14-15(2)12(11)9-16-6-4-10(17)5-7-16/h8H,3-7,9H2,1-2H3. The van der Waals surface area contributed by atoms with Crippen molar-refractivity contribution in [3.63, 3.8) is 0 Å². The molecular formula is C13H19N3O3. The van der Waals surface area contributed by atoms with Gasteiger partial charge in [-0.25, -0.2) is 4.79 Å². The van der Waals surface area contributed by atoms with Crippen molar-refractivity contribution < 1.29 is 14.3 Å². The number of ether oxygens (including phenoxy) is 1. The van der Waals surface area contributed by atoms with Crippen LogP contribution >= 0.6 is 0 Å². The molecule has 0 N–H and O–H groups in total. The molecule has 0 amide bonds. The van der Waals surface area contributed by atoms with Crippen LogP contribution in [0.2, 0.25) is 0 Å². The van der Waals surface area contributed by atoms with E-state index in [0.29, 0.717) is 37.3 Å². The molecule has 0 bridgehead atoms. The quantitative estimate of drug-likeness (QED) is 0.752. The van der Waals surface area contributed by atoms with E-state index in [1.54, 1.807) is 17.8 Å². The Kier molecular flexibility index (Phi) is 4.31. The summed E-state index contributed by atoms with van der Waals surface area (Å²) in [4.78, 5) is 25.2. The summed E-state index contributed by atoms with van der Waals surface area (Å²) in [7, 11) is 1.81. The molecule has 2 rings (SSSR count). The average molecular weight is 265 g/mol. The Labute approximate surface area is 112 Å². The second kappa shape index (κ2) is 5.97. The van der Waals surface area contributed by atoms with Gasteiger partial charge >= 0.3 is 5.97 Å². The van der Waals surface area contributed by atoms with Gasteiger partial charge in [-0.3, -0.25) is 14.4 Å². The molecule has 0 saturated carbocycles. The van der Waals surface area contributed by atoms with Gasteiger partial charge in [0.05, 0.1) is 18.5 Å². The minimum Gasteiger partial charge on any atom is -0.462 e. The summed E-state index contributed by atoms with van der Waals surface area (Å²) >= 11 is 0. The number of piperidine rings is 1. The molecular weight excluding hydrogens is 246 g/mol. The number of carbonyl (C=O) groups is 2. The van der Waals surface area contributed by atoms with Gasteiger partial charge in [-0.1, -0.05) is 0 Å². The molecule has 6 heteroatoms. The SMILES string of the molecule is CCOC(=O)c1cnn(C)c1CN1CCC(=O)CC1. The van der Waals surface area contributed by atoms with Crippen LogP contribution in [0.1, 0.15) is 35.8 Å². The van der Waals surface area contributed by atoms with E-state index in [9.17, 15) is 9.59 Å². The van der Waals surface area contributed by atoms with E-state index in [2.05, 4.69) is 10.00 Å². The number of rotatable bonds is 4. The summed E-state index contributed by atoms with van der Waals surface area (Å²) in [6, 6.07) is 0. The fraction of sp³-hybridized carbons (Fsp3) is 0.615. The Balaban J connectivity index is 2.09. The van der Waals surface area contributed by atoms with Crippen molar-refractivity contribution in [2.75, 3.05) is 19.7 Å². The van der Waals surface area contributed by atoms with E-state index in [1.165, 1.54) is 0 Å². The molecule has 0 aromatic carbocycles. The van der Waals surface area contributed by atoms with Gasteiger partial charge in [0.25, 0.3) is 0 Å². The van der Waals surface area contributed by atoms with Crippen LogP contribution in [0.25, 0.3) is 0 Å². The van der Waals surface area contributed by atoms with Gasteiger partial charge in [0.2, 0.25) is 0 Å². The number of hydrogen-bond donors (Lipinski definition) is 0. The maximum absolute atomic E-state index is 11.8. The Hall–Kier alpha value is -1.69. The molecule has 0 radical (unpaired) electrons. The highest BCUT2D eigenvalue weighted by molar-refractivity contribution is 5.90. The summed E-state index contributed by atoms with van der Waals surface area (Å²) in [5.41, 5.74) is 1.36. The van der Waals surface area contributed by atoms with Crippen LogP contribution in [0.5, 0.6) is 0 Å².